The number of hydrogen-bond donors (Lipinski definition) is 2. The number of H-pyrrole nitrogens is 1. The van der Waals surface area contributed by atoms with Gasteiger partial charge in [-0.1, -0.05) is 19.1 Å². The molecule has 4 aromatic rings. The zero-order chi connectivity index (χ0) is 22.0. The summed E-state index contributed by atoms with van der Waals surface area (Å²) in [6, 6.07) is 10.2. The molecule has 6 rings (SSSR count). The summed E-state index contributed by atoms with van der Waals surface area (Å²) in [6.45, 7) is 2.16. The molecule has 2 saturated carbocycles. The van der Waals surface area contributed by atoms with Crippen molar-refractivity contribution in [2.24, 2.45) is 13.0 Å². The Bertz CT molecular complexity index is 1390. The lowest BCUT2D eigenvalue weighted by Crippen LogP contribution is -2.43. The predicted molar refractivity (Wildman–Crippen MR) is 122 cm³/mol. The Morgan fingerprint density at radius 1 is 1.25 bits per heavy atom. The molecule has 0 spiro atoms. The molecule has 2 N–H and O–H groups in total. The number of aryl methyl sites for hydroxylation is 1. The van der Waals surface area contributed by atoms with E-state index in [2.05, 4.69) is 34.2 Å². The zero-order valence-corrected chi connectivity index (χ0v) is 18.4. The smallest absolute Gasteiger partial charge is 0.279 e. The molecule has 1 aromatic carbocycles. The van der Waals surface area contributed by atoms with Crippen molar-refractivity contribution in [1.82, 2.24) is 24.3 Å². The summed E-state index contributed by atoms with van der Waals surface area (Å²) in [6.07, 6.45) is 8.07. The minimum atomic E-state index is -0.176. The Kier molecular flexibility index (Phi) is 4.21. The first-order valence-electron chi connectivity index (χ1n) is 11.3. The standard InChI is InChI=1S/C25H27N5O2/c1-15-10-25(11-15,24-28-26-14-29(24)2)17-4-3-5-19(8-17)30-12-21(16-6-7-16)20-9-18(13-31)27-22(20)23(30)32/h3-5,8-9,12,14-16,27,31H,6-7,10-11,13H2,1-2H3. The molecule has 2 aliphatic carbocycles. The van der Waals surface area contributed by atoms with Gasteiger partial charge in [0.1, 0.15) is 17.7 Å². The number of nitrogens with one attached hydrogen (secondary N) is 1. The van der Waals surface area contributed by atoms with Gasteiger partial charge in [-0.3, -0.25) is 9.36 Å². The minimum Gasteiger partial charge on any atom is -0.390 e. The molecule has 164 valence electrons. The predicted octanol–water partition coefficient (Wildman–Crippen LogP) is 3.53. The van der Waals surface area contributed by atoms with Gasteiger partial charge in [-0.05, 0) is 66.8 Å². The second-order valence-corrected chi connectivity index (χ2v) is 9.69. The molecule has 3 aromatic heterocycles. The maximum atomic E-state index is 13.5. The van der Waals surface area contributed by atoms with E-state index in [1.165, 1.54) is 11.1 Å². The number of aromatic amines is 1. The average molecular weight is 430 g/mol. The first-order chi connectivity index (χ1) is 15.5. The van der Waals surface area contributed by atoms with Crippen LogP contribution in [0, 0.1) is 5.92 Å². The normalized spacial score (nSPS) is 22.9. The number of aliphatic hydroxyl groups is 1. The van der Waals surface area contributed by atoms with Gasteiger partial charge < -0.3 is 14.7 Å². The maximum absolute atomic E-state index is 13.5. The fraction of sp³-hybridized carbons (Fsp3) is 0.400. The van der Waals surface area contributed by atoms with E-state index in [0.717, 1.165) is 42.6 Å². The maximum Gasteiger partial charge on any atom is 0.279 e. The van der Waals surface area contributed by atoms with Gasteiger partial charge in [-0.15, -0.1) is 10.2 Å². The van der Waals surface area contributed by atoms with Crippen molar-refractivity contribution < 1.29 is 5.11 Å². The highest BCUT2D eigenvalue weighted by atomic mass is 16.3. The zero-order valence-electron chi connectivity index (χ0n) is 18.4. The Labute approximate surface area is 185 Å². The van der Waals surface area contributed by atoms with Crippen LogP contribution in [-0.2, 0) is 19.1 Å². The van der Waals surface area contributed by atoms with Crippen LogP contribution in [0.5, 0.6) is 0 Å². The minimum absolute atomic E-state index is 0.0871. The summed E-state index contributed by atoms with van der Waals surface area (Å²) in [5.74, 6) is 2.07. The summed E-state index contributed by atoms with van der Waals surface area (Å²) >= 11 is 0. The van der Waals surface area contributed by atoms with Crippen LogP contribution in [0.25, 0.3) is 16.6 Å². The number of aromatic nitrogens is 5. The van der Waals surface area contributed by atoms with E-state index < -0.39 is 0 Å². The van der Waals surface area contributed by atoms with Gasteiger partial charge >= 0.3 is 0 Å². The summed E-state index contributed by atoms with van der Waals surface area (Å²) < 4.78 is 3.78. The fourth-order valence-electron chi connectivity index (χ4n) is 5.64. The highest BCUT2D eigenvalue weighted by Crippen LogP contribution is 2.51. The highest BCUT2D eigenvalue weighted by molar-refractivity contribution is 5.84. The van der Waals surface area contributed by atoms with Crippen molar-refractivity contribution in [2.75, 3.05) is 0 Å². The van der Waals surface area contributed by atoms with Crippen molar-refractivity contribution >= 4 is 10.9 Å². The van der Waals surface area contributed by atoms with Crippen LogP contribution in [0.1, 0.15) is 61.2 Å². The van der Waals surface area contributed by atoms with Gasteiger partial charge in [0, 0.05) is 30.0 Å². The number of fused-ring (bicyclic) bond motifs is 1. The molecule has 0 bridgehead atoms. The van der Waals surface area contributed by atoms with E-state index in [-0.39, 0.29) is 17.6 Å². The molecule has 32 heavy (non-hydrogen) atoms. The molecule has 7 nitrogen and oxygen atoms in total. The van der Waals surface area contributed by atoms with Crippen LogP contribution in [0.2, 0.25) is 0 Å². The number of nitrogens with zero attached hydrogens (tertiary/aromatic N) is 4. The number of benzene rings is 1. The number of aliphatic hydroxyl groups excluding tert-OH is 1. The van der Waals surface area contributed by atoms with Crippen LogP contribution >= 0.6 is 0 Å². The molecule has 3 heterocycles. The van der Waals surface area contributed by atoms with E-state index >= 15 is 0 Å². The molecule has 0 saturated heterocycles. The van der Waals surface area contributed by atoms with Crippen LogP contribution in [0.3, 0.4) is 0 Å². The summed E-state index contributed by atoms with van der Waals surface area (Å²) in [5.41, 5.74) is 4.20. The van der Waals surface area contributed by atoms with Crippen molar-refractivity contribution in [3.63, 3.8) is 0 Å². The molecule has 2 fully saturated rings. The lowest BCUT2D eigenvalue weighted by Gasteiger charge is -2.46. The van der Waals surface area contributed by atoms with E-state index in [9.17, 15) is 9.90 Å². The van der Waals surface area contributed by atoms with E-state index in [1.54, 1.807) is 10.9 Å². The fourth-order valence-corrected chi connectivity index (χ4v) is 5.64. The summed E-state index contributed by atoms with van der Waals surface area (Å²) in [7, 11) is 1.99. The number of pyridine rings is 1. The molecule has 0 atom stereocenters. The first kappa shape index (κ1) is 19.5. The number of hydrogen-bond acceptors (Lipinski definition) is 4. The SMILES string of the molecule is CC1CC(c2cccc(-n3cc(C4CC4)c4cc(CO)[nH]c4c3=O)c2)(c2nncn2C)C1. The van der Waals surface area contributed by atoms with Gasteiger partial charge in [-0.25, -0.2) is 0 Å². The molecule has 0 unspecified atom stereocenters. The summed E-state index contributed by atoms with van der Waals surface area (Å²) in [5, 5.41) is 19.1. The van der Waals surface area contributed by atoms with E-state index in [4.69, 9.17) is 0 Å². The van der Waals surface area contributed by atoms with Crippen molar-refractivity contribution in [3.05, 3.63) is 75.9 Å². The Morgan fingerprint density at radius 2 is 2.06 bits per heavy atom. The Morgan fingerprint density at radius 3 is 2.72 bits per heavy atom. The van der Waals surface area contributed by atoms with Gasteiger partial charge in [0.05, 0.1) is 12.0 Å². The van der Waals surface area contributed by atoms with Crippen LogP contribution in [0.4, 0.5) is 0 Å². The second kappa shape index (κ2) is 6.90. The van der Waals surface area contributed by atoms with E-state index in [0.29, 0.717) is 23.0 Å². The van der Waals surface area contributed by atoms with Crippen LogP contribution in [-0.4, -0.2) is 29.4 Å². The quantitative estimate of drug-likeness (QED) is 0.508. The first-order valence-corrected chi connectivity index (χ1v) is 11.3. The van der Waals surface area contributed by atoms with Crippen LogP contribution in [0.15, 0.2) is 47.7 Å². The largest absolute Gasteiger partial charge is 0.390 e. The summed E-state index contributed by atoms with van der Waals surface area (Å²) in [4.78, 5) is 16.6. The molecular weight excluding hydrogens is 402 g/mol. The molecule has 0 amide bonds. The third kappa shape index (κ3) is 2.80. The van der Waals surface area contributed by atoms with Gasteiger partial charge in [0.2, 0.25) is 0 Å². The van der Waals surface area contributed by atoms with Crippen molar-refractivity contribution in [3.8, 4) is 5.69 Å². The molecule has 7 heteroatoms. The third-order valence-corrected chi connectivity index (χ3v) is 7.28. The highest BCUT2D eigenvalue weighted by Gasteiger charge is 2.48. The van der Waals surface area contributed by atoms with Gasteiger partial charge in [0.25, 0.3) is 5.56 Å². The van der Waals surface area contributed by atoms with Crippen molar-refractivity contribution in [1.29, 1.82) is 0 Å². The van der Waals surface area contributed by atoms with Gasteiger partial charge in [-0.2, -0.15) is 0 Å². The van der Waals surface area contributed by atoms with E-state index in [1.807, 2.05) is 36.0 Å². The Balaban J connectivity index is 1.52. The third-order valence-electron chi connectivity index (χ3n) is 7.28. The molecule has 0 aliphatic heterocycles. The average Bonchev–Trinajstić information content (AvgIpc) is 3.37. The topological polar surface area (TPSA) is 88.7 Å². The lowest BCUT2D eigenvalue weighted by atomic mass is 9.58. The van der Waals surface area contributed by atoms with Crippen molar-refractivity contribution in [2.45, 2.75) is 50.5 Å². The second-order valence-electron chi connectivity index (χ2n) is 9.69. The molecular formula is C25H27N5O2. The molecule has 2 aliphatic rings. The van der Waals surface area contributed by atoms with Gasteiger partial charge in [0.15, 0.2) is 0 Å². The Hall–Kier alpha value is -3.19. The molecule has 0 radical (unpaired) electrons. The lowest BCUT2D eigenvalue weighted by molar-refractivity contribution is 0.185. The number of rotatable bonds is 5. The monoisotopic (exact) mass is 429 g/mol. The van der Waals surface area contributed by atoms with Crippen LogP contribution < -0.4 is 5.56 Å².